The molecule has 0 spiro atoms. The van der Waals surface area contributed by atoms with Crippen LogP contribution in [0.5, 0.6) is 11.5 Å². The van der Waals surface area contributed by atoms with E-state index >= 15 is 0 Å². The van der Waals surface area contributed by atoms with Crippen molar-refractivity contribution in [3.05, 3.63) is 75.7 Å². The second kappa shape index (κ2) is 8.01. The minimum Gasteiger partial charge on any atom is -0.454 e. The van der Waals surface area contributed by atoms with Gasteiger partial charge in [-0.05, 0) is 29.8 Å². The Bertz CT molecular complexity index is 1110. The van der Waals surface area contributed by atoms with Crippen LogP contribution in [-0.4, -0.2) is 47.7 Å². The lowest BCUT2D eigenvalue weighted by atomic mass is 10.1. The molecule has 1 saturated heterocycles. The van der Waals surface area contributed by atoms with Crippen molar-refractivity contribution in [2.24, 2.45) is 0 Å². The van der Waals surface area contributed by atoms with Gasteiger partial charge in [-0.1, -0.05) is 35.9 Å². The molecule has 0 unspecified atom stereocenters. The lowest BCUT2D eigenvalue weighted by Crippen LogP contribution is -2.46. The molecule has 0 radical (unpaired) electrons. The Balaban J connectivity index is 1.26. The van der Waals surface area contributed by atoms with E-state index in [-0.39, 0.29) is 17.4 Å². The van der Waals surface area contributed by atoms with Gasteiger partial charge in [0.1, 0.15) is 5.02 Å². The lowest BCUT2D eigenvalue weighted by molar-refractivity contribution is 0.174. The van der Waals surface area contributed by atoms with Gasteiger partial charge in [-0.25, -0.2) is 0 Å². The van der Waals surface area contributed by atoms with Crippen LogP contribution in [0, 0.1) is 0 Å². The Morgan fingerprint density at radius 2 is 1.73 bits per heavy atom. The summed E-state index contributed by atoms with van der Waals surface area (Å²) < 4.78 is 12.2. The minimum atomic E-state index is -0.303. The number of aromatic nitrogens is 2. The highest BCUT2D eigenvalue weighted by atomic mass is 35.5. The molecule has 30 heavy (non-hydrogen) atoms. The summed E-state index contributed by atoms with van der Waals surface area (Å²) in [5, 5.41) is 4.55. The number of para-hydroxylation sites is 1. The van der Waals surface area contributed by atoms with Crippen LogP contribution in [0.3, 0.4) is 0 Å². The molecule has 5 rings (SSSR count). The molecule has 1 fully saturated rings. The standard InChI is InChI=1S/C22H21ClN4O3/c23-21-18(13-24-27(22(21)28)17-4-2-1-3-5-17)26-10-8-25(9-11-26)14-16-6-7-19-20(12-16)30-15-29-19/h1-7,12-13H,8-11,14-15H2. The van der Waals surface area contributed by atoms with Crippen molar-refractivity contribution in [2.45, 2.75) is 6.54 Å². The number of fused-ring (bicyclic) bond motifs is 1. The fourth-order valence-electron chi connectivity index (χ4n) is 3.84. The van der Waals surface area contributed by atoms with Crippen LogP contribution < -0.4 is 19.9 Å². The molecule has 0 saturated carbocycles. The van der Waals surface area contributed by atoms with Crippen LogP contribution >= 0.6 is 11.6 Å². The number of hydrogen-bond acceptors (Lipinski definition) is 6. The van der Waals surface area contributed by atoms with Gasteiger partial charge in [-0.3, -0.25) is 9.69 Å². The summed E-state index contributed by atoms with van der Waals surface area (Å²) in [7, 11) is 0. The topological polar surface area (TPSA) is 59.8 Å². The number of hydrogen-bond donors (Lipinski definition) is 0. The molecule has 8 heteroatoms. The summed E-state index contributed by atoms with van der Waals surface area (Å²) in [6.07, 6.45) is 1.68. The van der Waals surface area contributed by atoms with E-state index in [9.17, 15) is 4.79 Å². The van der Waals surface area contributed by atoms with Crippen molar-refractivity contribution in [3.63, 3.8) is 0 Å². The van der Waals surface area contributed by atoms with Gasteiger partial charge >= 0.3 is 0 Å². The molecule has 3 heterocycles. The van der Waals surface area contributed by atoms with Crippen molar-refractivity contribution in [3.8, 4) is 17.2 Å². The molecule has 2 aromatic carbocycles. The van der Waals surface area contributed by atoms with E-state index in [1.807, 2.05) is 42.5 Å². The number of benzene rings is 2. The Morgan fingerprint density at radius 3 is 2.53 bits per heavy atom. The first kappa shape index (κ1) is 19.0. The molecular weight excluding hydrogens is 404 g/mol. The molecule has 7 nitrogen and oxygen atoms in total. The van der Waals surface area contributed by atoms with Crippen molar-refractivity contribution in [2.75, 3.05) is 37.9 Å². The predicted molar refractivity (Wildman–Crippen MR) is 115 cm³/mol. The summed E-state index contributed by atoms with van der Waals surface area (Å²) >= 11 is 6.45. The number of ether oxygens (including phenoxy) is 2. The van der Waals surface area contributed by atoms with Gasteiger partial charge in [-0.2, -0.15) is 9.78 Å². The second-order valence-corrected chi connectivity index (χ2v) is 7.73. The van der Waals surface area contributed by atoms with Crippen LogP contribution in [0.25, 0.3) is 5.69 Å². The molecule has 2 aliphatic rings. The van der Waals surface area contributed by atoms with Crippen molar-refractivity contribution in [1.82, 2.24) is 14.7 Å². The van der Waals surface area contributed by atoms with Crippen LogP contribution in [0.4, 0.5) is 5.69 Å². The van der Waals surface area contributed by atoms with E-state index < -0.39 is 0 Å². The van der Waals surface area contributed by atoms with E-state index in [0.29, 0.717) is 11.4 Å². The van der Waals surface area contributed by atoms with Gasteiger partial charge < -0.3 is 14.4 Å². The zero-order valence-corrected chi connectivity index (χ0v) is 17.1. The molecule has 1 aromatic heterocycles. The summed E-state index contributed by atoms with van der Waals surface area (Å²) in [6, 6.07) is 15.4. The summed E-state index contributed by atoms with van der Waals surface area (Å²) in [4.78, 5) is 17.2. The zero-order chi connectivity index (χ0) is 20.5. The maximum absolute atomic E-state index is 12.7. The second-order valence-electron chi connectivity index (χ2n) is 7.35. The van der Waals surface area contributed by atoms with Gasteiger partial charge in [0.15, 0.2) is 11.5 Å². The van der Waals surface area contributed by atoms with E-state index in [1.54, 1.807) is 6.20 Å². The number of piperazine rings is 1. The van der Waals surface area contributed by atoms with E-state index in [1.165, 1.54) is 10.2 Å². The van der Waals surface area contributed by atoms with Crippen LogP contribution in [-0.2, 0) is 6.54 Å². The van der Waals surface area contributed by atoms with Gasteiger partial charge in [0.25, 0.3) is 5.56 Å². The van der Waals surface area contributed by atoms with Crippen molar-refractivity contribution < 1.29 is 9.47 Å². The van der Waals surface area contributed by atoms with Crippen LogP contribution in [0.2, 0.25) is 5.02 Å². The Hall–Kier alpha value is -3.03. The van der Waals surface area contributed by atoms with Gasteiger partial charge in [0.2, 0.25) is 6.79 Å². The summed E-state index contributed by atoms with van der Waals surface area (Å²) in [5.41, 5.74) is 2.28. The van der Waals surface area contributed by atoms with Gasteiger partial charge in [-0.15, -0.1) is 0 Å². The number of nitrogens with zero attached hydrogens (tertiary/aromatic N) is 4. The SMILES string of the molecule is O=c1c(Cl)c(N2CCN(Cc3ccc4c(c3)OCO4)CC2)cnn1-c1ccccc1. The van der Waals surface area contributed by atoms with E-state index in [4.69, 9.17) is 21.1 Å². The normalized spacial score (nSPS) is 16.1. The van der Waals surface area contributed by atoms with Crippen molar-refractivity contribution in [1.29, 1.82) is 0 Å². The third-order valence-electron chi connectivity index (χ3n) is 5.46. The molecule has 154 valence electrons. The first-order valence-electron chi connectivity index (χ1n) is 9.88. The van der Waals surface area contributed by atoms with Gasteiger partial charge in [0.05, 0.1) is 17.6 Å². The average molecular weight is 425 g/mol. The monoisotopic (exact) mass is 424 g/mol. The molecule has 0 bridgehead atoms. The van der Waals surface area contributed by atoms with Crippen LogP contribution in [0.15, 0.2) is 59.5 Å². The van der Waals surface area contributed by atoms with Crippen LogP contribution in [0.1, 0.15) is 5.56 Å². The van der Waals surface area contributed by atoms with Crippen molar-refractivity contribution >= 4 is 17.3 Å². The highest BCUT2D eigenvalue weighted by Gasteiger charge is 2.22. The first-order valence-corrected chi connectivity index (χ1v) is 10.3. The highest BCUT2D eigenvalue weighted by molar-refractivity contribution is 6.33. The molecule has 0 amide bonds. The number of halogens is 1. The first-order chi connectivity index (χ1) is 14.7. The lowest BCUT2D eigenvalue weighted by Gasteiger charge is -2.36. The molecule has 0 aliphatic carbocycles. The number of rotatable bonds is 4. The highest BCUT2D eigenvalue weighted by Crippen LogP contribution is 2.33. The fourth-order valence-corrected chi connectivity index (χ4v) is 4.09. The third-order valence-corrected chi connectivity index (χ3v) is 5.81. The quantitative estimate of drug-likeness (QED) is 0.641. The summed E-state index contributed by atoms with van der Waals surface area (Å²) in [6.45, 7) is 4.42. The smallest absolute Gasteiger partial charge is 0.292 e. The maximum atomic E-state index is 12.7. The predicted octanol–water partition coefficient (Wildman–Crippen LogP) is 2.94. The third kappa shape index (κ3) is 3.62. The minimum absolute atomic E-state index is 0.207. The Morgan fingerprint density at radius 1 is 0.967 bits per heavy atom. The summed E-state index contributed by atoms with van der Waals surface area (Å²) in [5.74, 6) is 1.61. The largest absolute Gasteiger partial charge is 0.454 e. The molecular formula is C22H21ClN4O3. The fraction of sp³-hybridized carbons (Fsp3) is 0.273. The average Bonchev–Trinajstić information content (AvgIpc) is 3.25. The van der Waals surface area contributed by atoms with E-state index in [2.05, 4.69) is 21.0 Å². The maximum Gasteiger partial charge on any atom is 0.292 e. The number of anilines is 1. The van der Waals surface area contributed by atoms with E-state index in [0.717, 1.165) is 44.2 Å². The van der Waals surface area contributed by atoms with Gasteiger partial charge in [0, 0.05) is 32.7 Å². The Labute approximate surface area is 179 Å². The molecule has 0 atom stereocenters. The molecule has 3 aromatic rings. The zero-order valence-electron chi connectivity index (χ0n) is 16.3. The Kier molecular flexibility index (Phi) is 5.06. The molecule has 0 N–H and O–H groups in total. The molecule has 2 aliphatic heterocycles.